The molecular weight excluding hydrogens is 314 g/mol. The third kappa shape index (κ3) is 7.08. The molecular formula is C21H27NO3. The van der Waals surface area contributed by atoms with E-state index < -0.39 is 0 Å². The molecule has 0 heterocycles. The topological polar surface area (TPSA) is 38.8 Å². The molecule has 0 radical (unpaired) electrons. The molecule has 0 aliphatic carbocycles. The van der Waals surface area contributed by atoms with Crippen LogP contribution in [0.3, 0.4) is 0 Å². The molecule has 1 atom stereocenters. The second-order valence-corrected chi connectivity index (χ2v) is 6.06. The van der Waals surface area contributed by atoms with E-state index in [2.05, 4.69) is 17.0 Å². The van der Waals surface area contributed by atoms with Crippen LogP contribution in [0.15, 0.2) is 60.7 Å². The maximum absolute atomic E-state index is 11.9. The molecule has 0 bridgehead atoms. The monoisotopic (exact) mass is 341 g/mol. The minimum atomic E-state index is -0.185. The summed E-state index contributed by atoms with van der Waals surface area (Å²) in [5.74, 6) is -0.185. The van der Waals surface area contributed by atoms with Crippen LogP contribution in [0.1, 0.15) is 24.5 Å². The molecule has 0 aliphatic rings. The van der Waals surface area contributed by atoms with Crippen molar-refractivity contribution in [1.29, 1.82) is 0 Å². The van der Waals surface area contributed by atoms with Gasteiger partial charge in [0.1, 0.15) is 0 Å². The summed E-state index contributed by atoms with van der Waals surface area (Å²) in [4.78, 5) is 14.1. The zero-order valence-electron chi connectivity index (χ0n) is 15.1. The van der Waals surface area contributed by atoms with Gasteiger partial charge in [0, 0.05) is 12.6 Å². The number of likely N-dealkylation sites (N-methyl/N-ethyl adjacent to an activating group) is 1. The highest BCUT2D eigenvalue weighted by atomic mass is 16.5. The average molecular weight is 341 g/mol. The molecule has 2 rings (SSSR count). The van der Waals surface area contributed by atoms with Crippen molar-refractivity contribution in [3.8, 4) is 0 Å². The number of carbonyl (C=O) groups excluding carboxylic acids is 1. The lowest BCUT2D eigenvalue weighted by atomic mass is 10.1. The van der Waals surface area contributed by atoms with Crippen LogP contribution in [0.5, 0.6) is 0 Å². The van der Waals surface area contributed by atoms with Crippen LogP contribution in [-0.2, 0) is 27.4 Å². The number of ether oxygens (including phenoxy) is 2. The van der Waals surface area contributed by atoms with Crippen LogP contribution in [0, 0.1) is 0 Å². The van der Waals surface area contributed by atoms with Crippen LogP contribution in [0.2, 0.25) is 0 Å². The van der Waals surface area contributed by atoms with Gasteiger partial charge >= 0.3 is 5.97 Å². The Kier molecular flexibility index (Phi) is 8.16. The fraction of sp³-hybridized carbons (Fsp3) is 0.381. The fourth-order valence-corrected chi connectivity index (χ4v) is 2.64. The summed E-state index contributed by atoms with van der Waals surface area (Å²) in [7, 11) is 2.02. The Morgan fingerprint density at radius 1 is 1.00 bits per heavy atom. The quantitative estimate of drug-likeness (QED) is 0.618. The van der Waals surface area contributed by atoms with E-state index in [4.69, 9.17) is 9.47 Å². The van der Waals surface area contributed by atoms with Crippen LogP contribution in [0.4, 0.5) is 0 Å². The van der Waals surface area contributed by atoms with Gasteiger partial charge < -0.3 is 9.47 Å². The van der Waals surface area contributed by atoms with Crippen molar-refractivity contribution in [3.63, 3.8) is 0 Å². The van der Waals surface area contributed by atoms with Gasteiger partial charge in [0.05, 0.1) is 26.2 Å². The molecule has 2 aromatic carbocycles. The third-order valence-corrected chi connectivity index (χ3v) is 4.03. The second-order valence-electron chi connectivity index (χ2n) is 6.06. The highest BCUT2D eigenvalue weighted by Crippen LogP contribution is 2.11. The highest BCUT2D eigenvalue weighted by Gasteiger charge is 2.20. The third-order valence-electron chi connectivity index (χ3n) is 4.03. The van der Waals surface area contributed by atoms with Gasteiger partial charge in [0.15, 0.2) is 0 Å². The number of carbonyl (C=O) groups is 1. The number of esters is 1. The second kappa shape index (κ2) is 10.6. The van der Waals surface area contributed by atoms with Gasteiger partial charge in [-0.2, -0.15) is 0 Å². The largest absolute Gasteiger partial charge is 0.466 e. The summed E-state index contributed by atoms with van der Waals surface area (Å²) < 4.78 is 11.0. The maximum atomic E-state index is 11.9. The van der Waals surface area contributed by atoms with Gasteiger partial charge in [0.25, 0.3) is 0 Å². The summed E-state index contributed by atoms with van der Waals surface area (Å²) in [6, 6.07) is 20.2. The minimum absolute atomic E-state index is 0.0250. The molecule has 0 N–H and O–H groups in total. The molecule has 0 aliphatic heterocycles. The molecule has 25 heavy (non-hydrogen) atoms. The van der Waals surface area contributed by atoms with Crippen molar-refractivity contribution in [2.24, 2.45) is 0 Å². The zero-order valence-corrected chi connectivity index (χ0v) is 15.1. The summed E-state index contributed by atoms with van der Waals surface area (Å²) in [6.45, 7) is 4.02. The molecule has 1 unspecified atom stereocenters. The summed E-state index contributed by atoms with van der Waals surface area (Å²) in [5.41, 5.74) is 2.34. The molecule has 0 spiro atoms. The van der Waals surface area contributed by atoms with E-state index >= 15 is 0 Å². The maximum Gasteiger partial charge on any atom is 0.307 e. The predicted molar refractivity (Wildman–Crippen MR) is 99.0 cm³/mol. The molecule has 4 heteroatoms. The first-order chi connectivity index (χ1) is 12.2. The van der Waals surface area contributed by atoms with Gasteiger partial charge in [0.2, 0.25) is 0 Å². The normalized spacial score (nSPS) is 12.1. The lowest BCUT2D eigenvalue weighted by Gasteiger charge is -2.27. The van der Waals surface area contributed by atoms with Crippen LogP contribution < -0.4 is 0 Å². The van der Waals surface area contributed by atoms with Gasteiger partial charge in [-0.25, -0.2) is 0 Å². The molecule has 4 nitrogen and oxygen atoms in total. The lowest BCUT2D eigenvalue weighted by molar-refractivity contribution is -0.145. The fourth-order valence-electron chi connectivity index (χ4n) is 2.64. The van der Waals surface area contributed by atoms with E-state index in [9.17, 15) is 4.79 Å². The predicted octanol–water partition coefficient (Wildman–Crippen LogP) is 3.66. The number of benzene rings is 2. The van der Waals surface area contributed by atoms with E-state index in [1.165, 1.54) is 5.56 Å². The number of rotatable bonds is 10. The van der Waals surface area contributed by atoms with Crippen molar-refractivity contribution in [1.82, 2.24) is 4.90 Å². The van der Waals surface area contributed by atoms with Crippen LogP contribution in [-0.4, -0.2) is 37.2 Å². The Balaban J connectivity index is 1.92. The van der Waals surface area contributed by atoms with Gasteiger partial charge in [-0.05, 0) is 25.1 Å². The van der Waals surface area contributed by atoms with E-state index in [1.54, 1.807) is 0 Å². The summed E-state index contributed by atoms with van der Waals surface area (Å²) in [5, 5.41) is 0. The lowest BCUT2D eigenvalue weighted by Crippen LogP contribution is -2.37. The molecule has 134 valence electrons. The summed E-state index contributed by atoms with van der Waals surface area (Å²) >= 11 is 0. The van der Waals surface area contributed by atoms with E-state index in [-0.39, 0.29) is 12.0 Å². The SMILES string of the molecule is CCOC(=O)CC(COCc1ccccc1)N(C)Cc1ccccc1. The molecule has 0 amide bonds. The van der Waals surface area contributed by atoms with Gasteiger partial charge in [-0.3, -0.25) is 9.69 Å². The molecule has 0 aromatic heterocycles. The standard InChI is InChI=1S/C21H27NO3/c1-3-25-21(23)14-20(17-24-16-19-12-8-5-9-13-19)22(2)15-18-10-6-4-7-11-18/h4-13,20H,3,14-17H2,1-2H3. The number of hydrogen-bond donors (Lipinski definition) is 0. The van der Waals surface area contributed by atoms with Crippen molar-refractivity contribution < 1.29 is 14.3 Å². The number of hydrogen-bond acceptors (Lipinski definition) is 4. The van der Waals surface area contributed by atoms with Crippen molar-refractivity contribution in [3.05, 3.63) is 71.8 Å². The van der Waals surface area contributed by atoms with E-state index in [0.717, 1.165) is 12.1 Å². The van der Waals surface area contributed by atoms with Crippen LogP contribution >= 0.6 is 0 Å². The smallest absolute Gasteiger partial charge is 0.307 e. The molecule has 0 saturated carbocycles. The highest BCUT2D eigenvalue weighted by molar-refractivity contribution is 5.70. The van der Waals surface area contributed by atoms with E-state index in [1.807, 2.05) is 62.5 Å². The van der Waals surface area contributed by atoms with Crippen molar-refractivity contribution in [2.45, 2.75) is 32.5 Å². The van der Waals surface area contributed by atoms with Crippen molar-refractivity contribution in [2.75, 3.05) is 20.3 Å². The first kappa shape index (κ1) is 19.2. The Morgan fingerprint density at radius 3 is 2.20 bits per heavy atom. The van der Waals surface area contributed by atoms with Gasteiger partial charge in [-0.1, -0.05) is 60.7 Å². The molecule has 0 saturated heterocycles. The first-order valence-electron chi connectivity index (χ1n) is 8.70. The van der Waals surface area contributed by atoms with Crippen molar-refractivity contribution >= 4 is 5.97 Å². The average Bonchev–Trinajstić information content (AvgIpc) is 2.63. The Labute approximate surface area is 150 Å². The van der Waals surface area contributed by atoms with E-state index in [0.29, 0.717) is 26.2 Å². The molecule has 2 aromatic rings. The Hall–Kier alpha value is -2.17. The Morgan fingerprint density at radius 2 is 1.60 bits per heavy atom. The minimum Gasteiger partial charge on any atom is -0.466 e. The zero-order chi connectivity index (χ0) is 17.9. The summed E-state index contributed by atoms with van der Waals surface area (Å²) in [6.07, 6.45) is 0.325. The first-order valence-corrected chi connectivity index (χ1v) is 8.70. The van der Waals surface area contributed by atoms with Crippen LogP contribution in [0.25, 0.3) is 0 Å². The van der Waals surface area contributed by atoms with Gasteiger partial charge in [-0.15, -0.1) is 0 Å². The Bertz CT molecular complexity index is 616. The molecule has 0 fully saturated rings. The number of nitrogens with zero attached hydrogens (tertiary/aromatic N) is 1.